The van der Waals surface area contributed by atoms with Gasteiger partial charge in [-0.2, -0.15) is 0 Å². The van der Waals surface area contributed by atoms with Crippen molar-refractivity contribution in [3.63, 3.8) is 0 Å². The fourth-order valence-electron chi connectivity index (χ4n) is 2.32. The first-order valence-electron chi connectivity index (χ1n) is 8.26. The Balaban J connectivity index is 2.11. The summed E-state index contributed by atoms with van der Waals surface area (Å²) in [6, 6.07) is 9.45. The van der Waals surface area contributed by atoms with Gasteiger partial charge in [0.2, 0.25) is 0 Å². The van der Waals surface area contributed by atoms with Crippen LogP contribution in [0.15, 0.2) is 34.8 Å². The summed E-state index contributed by atoms with van der Waals surface area (Å²) in [4.78, 5) is 0. The van der Waals surface area contributed by atoms with Gasteiger partial charge in [0, 0.05) is 20.2 Å². The topological polar surface area (TPSA) is 39.7 Å². The van der Waals surface area contributed by atoms with Gasteiger partial charge in [0.25, 0.3) is 0 Å². The Morgan fingerprint density at radius 3 is 2.54 bits per heavy atom. The van der Waals surface area contributed by atoms with Crippen molar-refractivity contribution in [2.75, 3.05) is 26.9 Å². The normalized spacial score (nSPS) is 10.8. The quantitative estimate of drug-likeness (QED) is 0.475. The average molecular weight is 463 g/mol. The molecule has 26 heavy (non-hydrogen) atoms. The third-order valence-electron chi connectivity index (χ3n) is 3.55. The SMILES string of the molecule is CCOc1cc(CNCCOC)cc(Br)c1OCc1ccc(Cl)c(Cl)c1. The second kappa shape index (κ2) is 11.0. The number of methoxy groups -OCH3 is 1. The highest BCUT2D eigenvalue weighted by Gasteiger charge is 2.13. The molecule has 0 radical (unpaired) electrons. The highest BCUT2D eigenvalue weighted by atomic mass is 79.9. The van der Waals surface area contributed by atoms with Gasteiger partial charge in [-0.25, -0.2) is 0 Å². The smallest absolute Gasteiger partial charge is 0.175 e. The molecule has 0 aromatic heterocycles. The monoisotopic (exact) mass is 461 g/mol. The molecule has 0 saturated carbocycles. The van der Waals surface area contributed by atoms with E-state index >= 15 is 0 Å². The minimum atomic E-state index is 0.362. The lowest BCUT2D eigenvalue weighted by molar-refractivity contribution is 0.199. The summed E-state index contributed by atoms with van der Waals surface area (Å²) >= 11 is 15.6. The summed E-state index contributed by atoms with van der Waals surface area (Å²) in [6.07, 6.45) is 0. The van der Waals surface area contributed by atoms with Gasteiger partial charge in [0.05, 0.1) is 27.7 Å². The molecule has 0 atom stereocenters. The summed E-state index contributed by atoms with van der Waals surface area (Å²) < 4.78 is 17.6. The lowest BCUT2D eigenvalue weighted by Gasteiger charge is -2.16. The van der Waals surface area contributed by atoms with Crippen LogP contribution in [0.5, 0.6) is 11.5 Å². The van der Waals surface area contributed by atoms with Crippen molar-refractivity contribution >= 4 is 39.1 Å². The van der Waals surface area contributed by atoms with Crippen LogP contribution >= 0.6 is 39.1 Å². The summed E-state index contributed by atoms with van der Waals surface area (Å²) in [7, 11) is 1.69. The van der Waals surface area contributed by atoms with E-state index in [4.69, 9.17) is 37.4 Å². The van der Waals surface area contributed by atoms with Gasteiger partial charge in [-0.05, 0) is 58.2 Å². The van der Waals surface area contributed by atoms with Gasteiger partial charge < -0.3 is 19.5 Å². The maximum Gasteiger partial charge on any atom is 0.175 e. The van der Waals surface area contributed by atoms with Crippen molar-refractivity contribution in [2.45, 2.75) is 20.1 Å². The number of hydrogen-bond donors (Lipinski definition) is 1. The molecule has 2 aromatic carbocycles. The minimum absolute atomic E-state index is 0.362. The molecular weight excluding hydrogens is 441 g/mol. The van der Waals surface area contributed by atoms with Gasteiger partial charge in [0.1, 0.15) is 6.61 Å². The molecular formula is C19H22BrCl2NO3. The number of halogens is 3. The summed E-state index contributed by atoms with van der Waals surface area (Å²) in [5.74, 6) is 1.36. The van der Waals surface area contributed by atoms with Gasteiger partial charge >= 0.3 is 0 Å². The first-order valence-corrected chi connectivity index (χ1v) is 9.81. The molecule has 0 saturated heterocycles. The fraction of sp³-hybridized carbons (Fsp3) is 0.368. The van der Waals surface area contributed by atoms with E-state index in [2.05, 4.69) is 21.2 Å². The van der Waals surface area contributed by atoms with Crippen LogP contribution in [0.25, 0.3) is 0 Å². The van der Waals surface area contributed by atoms with Gasteiger partial charge in [-0.3, -0.25) is 0 Å². The molecule has 7 heteroatoms. The Morgan fingerprint density at radius 2 is 1.85 bits per heavy atom. The highest BCUT2D eigenvalue weighted by Crippen LogP contribution is 2.37. The molecule has 0 aliphatic carbocycles. The second-order valence-electron chi connectivity index (χ2n) is 5.54. The van der Waals surface area contributed by atoms with Crippen molar-refractivity contribution < 1.29 is 14.2 Å². The Morgan fingerprint density at radius 1 is 1.04 bits per heavy atom. The molecule has 2 aromatic rings. The van der Waals surface area contributed by atoms with E-state index in [-0.39, 0.29) is 0 Å². The number of benzene rings is 2. The molecule has 0 heterocycles. The fourth-order valence-corrected chi connectivity index (χ4v) is 3.24. The predicted octanol–water partition coefficient (Wildman–Crippen LogP) is 5.47. The van der Waals surface area contributed by atoms with Crippen LogP contribution in [-0.4, -0.2) is 26.9 Å². The van der Waals surface area contributed by atoms with Crippen molar-refractivity contribution in [1.29, 1.82) is 0 Å². The maximum absolute atomic E-state index is 6.06. The highest BCUT2D eigenvalue weighted by molar-refractivity contribution is 9.10. The lowest BCUT2D eigenvalue weighted by Crippen LogP contribution is -2.18. The number of nitrogens with one attached hydrogen (secondary N) is 1. The number of ether oxygens (including phenoxy) is 3. The third-order valence-corrected chi connectivity index (χ3v) is 4.88. The average Bonchev–Trinajstić information content (AvgIpc) is 2.61. The Bertz CT molecular complexity index is 728. The standard InChI is InChI=1S/C19H22BrCl2NO3/c1-3-25-18-10-14(11-23-6-7-24-2)8-15(20)19(18)26-12-13-4-5-16(21)17(22)9-13/h4-5,8-10,23H,3,6-7,11-12H2,1-2H3. The van der Waals surface area contributed by atoms with E-state index in [0.717, 1.165) is 28.7 Å². The first kappa shape index (κ1) is 21.3. The molecule has 0 aliphatic rings. The zero-order chi connectivity index (χ0) is 18.9. The summed E-state index contributed by atoms with van der Waals surface area (Å²) in [5, 5.41) is 4.35. The predicted molar refractivity (Wildman–Crippen MR) is 110 cm³/mol. The number of rotatable bonds is 10. The van der Waals surface area contributed by atoms with Gasteiger partial charge in [-0.15, -0.1) is 0 Å². The molecule has 4 nitrogen and oxygen atoms in total. The van der Waals surface area contributed by atoms with Gasteiger partial charge in [-0.1, -0.05) is 29.3 Å². The third kappa shape index (κ3) is 6.32. The summed E-state index contributed by atoms with van der Waals surface area (Å²) in [5.41, 5.74) is 2.03. The van der Waals surface area contributed by atoms with Crippen LogP contribution < -0.4 is 14.8 Å². The molecule has 0 spiro atoms. The zero-order valence-corrected chi connectivity index (χ0v) is 17.9. The maximum atomic E-state index is 6.06. The Hall–Kier alpha value is -0.980. The van der Waals surface area contributed by atoms with Crippen LogP contribution in [0.1, 0.15) is 18.1 Å². The van der Waals surface area contributed by atoms with Gasteiger partial charge in [0.15, 0.2) is 11.5 Å². The molecule has 2 rings (SSSR count). The second-order valence-corrected chi connectivity index (χ2v) is 7.21. The van der Waals surface area contributed by atoms with E-state index in [1.807, 2.05) is 25.1 Å². The largest absolute Gasteiger partial charge is 0.490 e. The minimum Gasteiger partial charge on any atom is -0.490 e. The van der Waals surface area contributed by atoms with Crippen LogP contribution in [-0.2, 0) is 17.9 Å². The van der Waals surface area contributed by atoms with Crippen molar-refractivity contribution in [3.05, 3.63) is 56.0 Å². The Labute approximate surface area is 172 Å². The van der Waals surface area contributed by atoms with E-state index in [1.54, 1.807) is 19.2 Å². The first-order chi connectivity index (χ1) is 12.5. The molecule has 0 bridgehead atoms. The van der Waals surface area contributed by atoms with E-state index < -0.39 is 0 Å². The van der Waals surface area contributed by atoms with Crippen LogP contribution in [0.4, 0.5) is 0 Å². The van der Waals surface area contributed by atoms with E-state index in [1.165, 1.54) is 0 Å². The van der Waals surface area contributed by atoms with Crippen LogP contribution in [0.2, 0.25) is 10.0 Å². The van der Waals surface area contributed by atoms with Crippen LogP contribution in [0, 0.1) is 0 Å². The van der Waals surface area contributed by atoms with Crippen molar-refractivity contribution in [3.8, 4) is 11.5 Å². The molecule has 142 valence electrons. The van der Waals surface area contributed by atoms with Crippen LogP contribution in [0.3, 0.4) is 0 Å². The molecule has 0 fully saturated rings. The van der Waals surface area contributed by atoms with E-state index in [0.29, 0.717) is 41.4 Å². The molecule has 0 amide bonds. The van der Waals surface area contributed by atoms with Crippen molar-refractivity contribution in [2.24, 2.45) is 0 Å². The molecule has 1 N–H and O–H groups in total. The lowest BCUT2D eigenvalue weighted by atomic mass is 10.2. The van der Waals surface area contributed by atoms with Crippen molar-refractivity contribution in [1.82, 2.24) is 5.32 Å². The Kier molecular flexibility index (Phi) is 9.02. The molecule has 0 unspecified atom stereocenters. The molecule has 0 aliphatic heterocycles. The number of hydrogen-bond acceptors (Lipinski definition) is 4. The zero-order valence-electron chi connectivity index (χ0n) is 14.8. The summed E-state index contributed by atoms with van der Waals surface area (Å²) in [6.45, 7) is 5.03. The van der Waals surface area contributed by atoms with E-state index in [9.17, 15) is 0 Å².